The van der Waals surface area contributed by atoms with Crippen LogP contribution < -0.4 is 19.5 Å². The second-order valence-corrected chi connectivity index (χ2v) is 7.19. The Morgan fingerprint density at radius 3 is 2.60 bits per heavy atom. The quantitative estimate of drug-likeness (QED) is 0.690. The molecule has 2 amide bonds. The van der Waals surface area contributed by atoms with Crippen LogP contribution in [0, 0.1) is 0 Å². The fraction of sp³-hybridized carbons (Fsp3) is 0.364. The Hall–Kier alpha value is -2.93. The van der Waals surface area contributed by atoms with Crippen LogP contribution in [0.25, 0.3) is 0 Å². The van der Waals surface area contributed by atoms with Crippen molar-refractivity contribution in [1.29, 1.82) is 0 Å². The summed E-state index contributed by atoms with van der Waals surface area (Å²) in [4.78, 5) is 26.5. The van der Waals surface area contributed by atoms with Gasteiger partial charge in [-0.05, 0) is 43.2 Å². The van der Waals surface area contributed by atoms with Gasteiger partial charge in [0.25, 0.3) is 0 Å². The Labute approximate surface area is 180 Å². The second kappa shape index (κ2) is 10.2. The first-order chi connectivity index (χ1) is 14.5. The van der Waals surface area contributed by atoms with Crippen LogP contribution in [0.4, 0.5) is 5.69 Å². The minimum atomic E-state index is -0.269. The van der Waals surface area contributed by atoms with E-state index in [4.69, 9.17) is 25.8 Å². The lowest BCUT2D eigenvalue weighted by Gasteiger charge is -2.21. The number of nitrogens with zero attached hydrogens (tertiary/aromatic N) is 1. The average molecular weight is 433 g/mol. The van der Waals surface area contributed by atoms with Crippen molar-refractivity contribution in [2.24, 2.45) is 0 Å². The standard InChI is InChI=1S/C22H25ClN2O5/c1-3-25(22(27)9-5-15-4-7-18(28-2)17(23)12-15)14-21(26)24-16-6-8-19-20(13-16)30-11-10-29-19/h4,6-8,12-13H,3,5,9-11,14H2,1-2H3,(H,24,26). The number of carbonyl (C=O) groups is 2. The maximum absolute atomic E-state index is 12.6. The summed E-state index contributed by atoms with van der Waals surface area (Å²) in [5, 5.41) is 3.31. The number of fused-ring (bicyclic) bond motifs is 1. The molecule has 1 aliphatic rings. The van der Waals surface area contributed by atoms with Crippen LogP contribution in [-0.4, -0.2) is 50.1 Å². The number of benzene rings is 2. The largest absolute Gasteiger partial charge is 0.495 e. The predicted octanol–water partition coefficient (Wildman–Crippen LogP) is 3.54. The monoisotopic (exact) mass is 432 g/mol. The van der Waals surface area contributed by atoms with Crippen molar-refractivity contribution in [3.05, 3.63) is 47.0 Å². The molecule has 0 saturated carbocycles. The molecule has 0 bridgehead atoms. The number of amides is 2. The average Bonchev–Trinajstić information content (AvgIpc) is 2.75. The van der Waals surface area contributed by atoms with Crippen LogP contribution in [0.1, 0.15) is 18.9 Å². The Morgan fingerprint density at radius 2 is 1.90 bits per heavy atom. The number of hydrogen-bond donors (Lipinski definition) is 1. The molecule has 0 radical (unpaired) electrons. The third-order valence-corrected chi connectivity index (χ3v) is 5.03. The molecular formula is C22H25ClN2O5. The van der Waals surface area contributed by atoms with Gasteiger partial charge in [0, 0.05) is 24.7 Å². The molecular weight excluding hydrogens is 408 g/mol. The smallest absolute Gasteiger partial charge is 0.243 e. The van der Waals surface area contributed by atoms with Gasteiger partial charge in [-0.2, -0.15) is 0 Å². The van der Waals surface area contributed by atoms with Crippen molar-refractivity contribution in [1.82, 2.24) is 4.90 Å². The van der Waals surface area contributed by atoms with E-state index in [0.717, 1.165) is 5.56 Å². The summed E-state index contributed by atoms with van der Waals surface area (Å²) in [6.07, 6.45) is 0.816. The van der Waals surface area contributed by atoms with Crippen LogP contribution in [0.5, 0.6) is 17.2 Å². The van der Waals surface area contributed by atoms with Gasteiger partial charge in [0.05, 0.1) is 18.7 Å². The summed E-state index contributed by atoms with van der Waals surface area (Å²) in [6, 6.07) is 10.7. The van der Waals surface area contributed by atoms with Crippen LogP contribution in [0.3, 0.4) is 0 Å². The van der Waals surface area contributed by atoms with Gasteiger partial charge in [-0.3, -0.25) is 9.59 Å². The van der Waals surface area contributed by atoms with E-state index in [0.29, 0.717) is 54.1 Å². The fourth-order valence-corrected chi connectivity index (χ4v) is 3.43. The van der Waals surface area contributed by atoms with E-state index in [1.54, 1.807) is 37.4 Å². The number of carbonyl (C=O) groups excluding carboxylic acids is 2. The van der Waals surface area contributed by atoms with E-state index in [1.807, 2.05) is 13.0 Å². The van der Waals surface area contributed by atoms with Crippen molar-refractivity contribution in [3.63, 3.8) is 0 Å². The molecule has 8 heteroatoms. The highest BCUT2D eigenvalue weighted by molar-refractivity contribution is 6.32. The summed E-state index contributed by atoms with van der Waals surface area (Å²) in [6.45, 7) is 3.25. The van der Waals surface area contributed by atoms with E-state index >= 15 is 0 Å². The van der Waals surface area contributed by atoms with Gasteiger partial charge >= 0.3 is 0 Å². The molecule has 1 aliphatic heterocycles. The van der Waals surface area contributed by atoms with E-state index in [9.17, 15) is 9.59 Å². The van der Waals surface area contributed by atoms with Gasteiger partial charge in [0.15, 0.2) is 11.5 Å². The number of methoxy groups -OCH3 is 1. The van der Waals surface area contributed by atoms with Crippen molar-refractivity contribution in [3.8, 4) is 17.2 Å². The third kappa shape index (κ3) is 5.57. The number of hydrogen-bond acceptors (Lipinski definition) is 5. The lowest BCUT2D eigenvalue weighted by Crippen LogP contribution is -2.38. The van der Waals surface area contributed by atoms with Crippen LogP contribution in [-0.2, 0) is 16.0 Å². The summed E-state index contributed by atoms with van der Waals surface area (Å²) in [5.74, 6) is 1.48. The molecule has 7 nitrogen and oxygen atoms in total. The summed E-state index contributed by atoms with van der Waals surface area (Å²) in [7, 11) is 1.56. The first-order valence-electron chi connectivity index (χ1n) is 9.80. The Morgan fingerprint density at radius 1 is 1.13 bits per heavy atom. The number of aryl methyl sites for hydroxylation is 1. The SMILES string of the molecule is CCN(CC(=O)Nc1ccc2c(c1)OCCO2)C(=O)CCc1ccc(OC)c(Cl)c1. The molecule has 2 aromatic carbocycles. The van der Waals surface area contributed by atoms with Crippen molar-refractivity contribution >= 4 is 29.1 Å². The fourth-order valence-electron chi connectivity index (χ4n) is 3.15. The number of ether oxygens (including phenoxy) is 3. The van der Waals surface area contributed by atoms with Crippen molar-refractivity contribution < 1.29 is 23.8 Å². The molecule has 0 saturated heterocycles. The second-order valence-electron chi connectivity index (χ2n) is 6.78. The van der Waals surface area contributed by atoms with E-state index in [-0.39, 0.29) is 24.8 Å². The van der Waals surface area contributed by atoms with Gasteiger partial charge in [0.1, 0.15) is 19.0 Å². The summed E-state index contributed by atoms with van der Waals surface area (Å²) >= 11 is 6.13. The Kier molecular flexibility index (Phi) is 7.41. The van der Waals surface area contributed by atoms with Gasteiger partial charge in [0.2, 0.25) is 11.8 Å². The first kappa shape index (κ1) is 21.8. The zero-order chi connectivity index (χ0) is 21.5. The highest BCUT2D eigenvalue weighted by Gasteiger charge is 2.17. The molecule has 0 fully saturated rings. The van der Waals surface area contributed by atoms with Crippen molar-refractivity contribution in [2.45, 2.75) is 19.8 Å². The molecule has 30 heavy (non-hydrogen) atoms. The van der Waals surface area contributed by atoms with Gasteiger partial charge in [-0.1, -0.05) is 17.7 Å². The van der Waals surface area contributed by atoms with E-state index in [2.05, 4.69) is 5.32 Å². The molecule has 1 N–H and O–H groups in total. The molecule has 2 aromatic rings. The molecule has 1 heterocycles. The van der Waals surface area contributed by atoms with Crippen LogP contribution >= 0.6 is 11.6 Å². The molecule has 160 valence electrons. The zero-order valence-electron chi connectivity index (χ0n) is 17.1. The minimum Gasteiger partial charge on any atom is -0.495 e. The Balaban J connectivity index is 1.53. The minimum absolute atomic E-state index is 0.0207. The summed E-state index contributed by atoms with van der Waals surface area (Å²) in [5.41, 5.74) is 1.53. The van der Waals surface area contributed by atoms with Crippen molar-refractivity contribution in [2.75, 3.05) is 38.7 Å². The highest BCUT2D eigenvalue weighted by Crippen LogP contribution is 2.32. The molecule has 0 unspecified atom stereocenters. The third-order valence-electron chi connectivity index (χ3n) is 4.74. The number of rotatable bonds is 8. The van der Waals surface area contributed by atoms with Gasteiger partial charge < -0.3 is 24.4 Å². The molecule has 3 rings (SSSR count). The number of likely N-dealkylation sites (N-methyl/N-ethyl adjacent to an activating group) is 1. The molecule has 0 spiro atoms. The maximum atomic E-state index is 12.6. The van der Waals surface area contributed by atoms with Crippen LogP contribution in [0.15, 0.2) is 36.4 Å². The Bertz CT molecular complexity index is 918. The van der Waals surface area contributed by atoms with E-state index < -0.39 is 0 Å². The lowest BCUT2D eigenvalue weighted by atomic mass is 10.1. The topological polar surface area (TPSA) is 77.1 Å². The molecule has 0 atom stereocenters. The molecule has 0 aliphatic carbocycles. The lowest BCUT2D eigenvalue weighted by molar-refractivity contribution is -0.134. The maximum Gasteiger partial charge on any atom is 0.243 e. The number of halogens is 1. The van der Waals surface area contributed by atoms with Gasteiger partial charge in [-0.15, -0.1) is 0 Å². The number of nitrogens with one attached hydrogen (secondary N) is 1. The predicted molar refractivity (Wildman–Crippen MR) is 115 cm³/mol. The summed E-state index contributed by atoms with van der Waals surface area (Å²) < 4.78 is 16.1. The zero-order valence-corrected chi connectivity index (χ0v) is 17.8. The van der Waals surface area contributed by atoms with Gasteiger partial charge in [-0.25, -0.2) is 0 Å². The molecule has 0 aromatic heterocycles. The van der Waals surface area contributed by atoms with Crippen LogP contribution in [0.2, 0.25) is 5.02 Å². The first-order valence-corrected chi connectivity index (χ1v) is 10.2. The number of anilines is 1. The van der Waals surface area contributed by atoms with E-state index in [1.165, 1.54) is 4.90 Å². The highest BCUT2D eigenvalue weighted by atomic mass is 35.5. The normalized spacial score (nSPS) is 12.2.